The molecule has 2 unspecified atom stereocenters. The topological polar surface area (TPSA) is 61.8 Å². The van der Waals surface area contributed by atoms with Crippen molar-refractivity contribution in [3.8, 4) is 0 Å². The monoisotopic (exact) mass is 318 g/mol. The Bertz CT molecular complexity index is 342. The van der Waals surface area contributed by atoms with E-state index in [0.717, 1.165) is 19.4 Å². The lowest BCUT2D eigenvalue weighted by Gasteiger charge is -2.35. The number of amides is 1. The highest BCUT2D eigenvalue weighted by Crippen LogP contribution is 2.16. The summed E-state index contributed by atoms with van der Waals surface area (Å²) in [6.07, 6.45) is 3.72. The zero-order valence-electron chi connectivity index (χ0n) is 13.9. The number of thioether (sulfide) groups is 1. The number of nitrogens with one attached hydrogen (secondary N) is 1. The number of hydrogen-bond donors (Lipinski definition) is 2. The van der Waals surface area contributed by atoms with E-state index in [1.165, 1.54) is 0 Å². The Morgan fingerprint density at radius 1 is 1.43 bits per heavy atom. The molecule has 0 radical (unpaired) electrons. The number of nitrogens with zero attached hydrogens (tertiary/aromatic N) is 1. The fraction of sp³-hybridized carbons (Fsp3) is 0.933. The van der Waals surface area contributed by atoms with Crippen LogP contribution in [0.2, 0.25) is 0 Å². The van der Waals surface area contributed by atoms with E-state index in [0.29, 0.717) is 18.8 Å². The fourth-order valence-electron chi connectivity index (χ4n) is 2.36. The van der Waals surface area contributed by atoms with Crippen molar-refractivity contribution in [1.29, 1.82) is 0 Å². The summed E-state index contributed by atoms with van der Waals surface area (Å²) >= 11 is 1.63. The summed E-state index contributed by atoms with van der Waals surface area (Å²) in [5.41, 5.74) is -1.17. The number of aliphatic hydroxyl groups is 1. The van der Waals surface area contributed by atoms with Crippen molar-refractivity contribution in [3.05, 3.63) is 0 Å². The molecule has 0 aliphatic carbocycles. The maximum atomic E-state index is 12.1. The van der Waals surface area contributed by atoms with E-state index in [1.54, 1.807) is 16.7 Å². The number of ether oxygens (including phenoxy) is 1. The molecule has 6 heteroatoms. The Labute approximate surface area is 132 Å². The summed E-state index contributed by atoms with van der Waals surface area (Å²) in [6.45, 7) is 9.41. The summed E-state index contributed by atoms with van der Waals surface area (Å²) in [7, 11) is 0. The maximum absolute atomic E-state index is 12.1. The molecule has 124 valence electrons. The molecule has 1 rings (SSSR count). The van der Waals surface area contributed by atoms with Crippen molar-refractivity contribution >= 4 is 17.9 Å². The van der Waals surface area contributed by atoms with E-state index in [1.807, 2.05) is 34.0 Å². The van der Waals surface area contributed by atoms with Crippen molar-refractivity contribution in [3.63, 3.8) is 0 Å². The molecular formula is C15H30N2O3S. The summed E-state index contributed by atoms with van der Waals surface area (Å²) in [5.74, 6) is 0.697. The number of carbonyl (C=O) groups excluding carboxylic acids is 1. The van der Waals surface area contributed by atoms with Crippen LogP contribution in [-0.4, -0.2) is 65.0 Å². The van der Waals surface area contributed by atoms with Gasteiger partial charge in [-0.3, -0.25) is 0 Å². The van der Waals surface area contributed by atoms with Crippen LogP contribution in [0.25, 0.3) is 0 Å². The van der Waals surface area contributed by atoms with Gasteiger partial charge in [-0.1, -0.05) is 0 Å². The zero-order chi connectivity index (χ0) is 16.1. The average molecular weight is 318 g/mol. The number of likely N-dealkylation sites (tertiary alicyclic amines) is 1. The number of rotatable bonds is 5. The van der Waals surface area contributed by atoms with Crippen LogP contribution in [0.4, 0.5) is 4.79 Å². The van der Waals surface area contributed by atoms with Gasteiger partial charge in [0.15, 0.2) is 0 Å². The summed E-state index contributed by atoms with van der Waals surface area (Å²) in [5, 5.41) is 13.6. The van der Waals surface area contributed by atoms with Crippen molar-refractivity contribution in [1.82, 2.24) is 10.2 Å². The summed E-state index contributed by atoms with van der Waals surface area (Å²) in [6, 6.07) is 0.222. The molecule has 1 saturated heterocycles. The molecule has 0 aromatic heterocycles. The minimum Gasteiger partial charge on any atom is -0.444 e. The molecule has 2 atom stereocenters. The molecule has 0 aromatic rings. The molecule has 1 amide bonds. The van der Waals surface area contributed by atoms with Crippen LogP contribution in [-0.2, 0) is 4.74 Å². The first-order valence-corrected chi connectivity index (χ1v) is 8.95. The highest BCUT2D eigenvalue weighted by atomic mass is 32.2. The predicted octanol–water partition coefficient (Wildman–Crippen LogP) is 2.09. The van der Waals surface area contributed by atoms with Gasteiger partial charge >= 0.3 is 6.09 Å². The third kappa shape index (κ3) is 7.38. The number of piperidine rings is 1. The van der Waals surface area contributed by atoms with Crippen LogP contribution in [0.1, 0.15) is 40.5 Å². The van der Waals surface area contributed by atoms with Crippen molar-refractivity contribution in [2.45, 2.75) is 57.8 Å². The first kappa shape index (κ1) is 18.6. The average Bonchev–Trinajstić information content (AvgIpc) is 2.35. The summed E-state index contributed by atoms with van der Waals surface area (Å²) in [4.78, 5) is 13.8. The highest BCUT2D eigenvalue weighted by Gasteiger charge is 2.29. The molecule has 0 bridgehead atoms. The Kier molecular flexibility index (Phi) is 6.81. The minimum absolute atomic E-state index is 0.222. The molecule has 0 aromatic carbocycles. The first-order chi connectivity index (χ1) is 9.63. The molecule has 21 heavy (non-hydrogen) atoms. The van der Waals surface area contributed by atoms with Gasteiger partial charge in [0.05, 0.1) is 5.60 Å². The minimum atomic E-state index is -0.715. The van der Waals surface area contributed by atoms with Gasteiger partial charge in [-0.15, -0.1) is 0 Å². The molecule has 2 N–H and O–H groups in total. The van der Waals surface area contributed by atoms with E-state index in [2.05, 4.69) is 5.32 Å². The molecule has 1 aliphatic rings. The lowest BCUT2D eigenvalue weighted by atomic mass is 10.0. The number of hydrogen-bond acceptors (Lipinski definition) is 5. The zero-order valence-corrected chi connectivity index (χ0v) is 14.8. The van der Waals surface area contributed by atoms with Gasteiger partial charge < -0.3 is 20.1 Å². The van der Waals surface area contributed by atoms with E-state index in [-0.39, 0.29) is 12.1 Å². The normalized spacial score (nSPS) is 22.8. The van der Waals surface area contributed by atoms with Crippen LogP contribution in [0.5, 0.6) is 0 Å². The predicted molar refractivity (Wildman–Crippen MR) is 87.8 cm³/mol. The van der Waals surface area contributed by atoms with E-state index >= 15 is 0 Å². The fourth-order valence-corrected chi connectivity index (χ4v) is 3.09. The quantitative estimate of drug-likeness (QED) is 0.813. The van der Waals surface area contributed by atoms with Crippen molar-refractivity contribution < 1.29 is 14.6 Å². The Hall–Kier alpha value is -0.460. The summed E-state index contributed by atoms with van der Waals surface area (Å²) < 4.78 is 5.42. The van der Waals surface area contributed by atoms with Crippen molar-refractivity contribution in [2.24, 2.45) is 0 Å². The standard InChI is InChI=1S/C15H30N2O3S/c1-14(2,3)20-13(18)17-8-6-7-12(9-17)16-10-15(4,19)11-21-5/h12,16,19H,6-11H2,1-5H3. The SMILES string of the molecule is CSCC(C)(O)CNC1CCCN(C(=O)OC(C)(C)C)C1. The second kappa shape index (κ2) is 7.70. The molecular weight excluding hydrogens is 288 g/mol. The van der Waals surface area contributed by atoms with Gasteiger partial charge in [-0.25, -0.2) is 4.79 Å². The van der Waals surface area contributed by atoms with Crippen LogP contribution >= 0.6 is 11.8 Å². The Morgan fingerprint density at radius 3 is 2.67 bits per heavy atom. The van der Waals surface area contributed by atoms with Crippen LogP contribution < -0.4 is 5.32 Å². The van der Waals surface area contributed by atoms with Crippen LogP contribution in [0.3, 0.4) is 0 Å². The largest absolute Gasteiger partial charge is 0.444 e. The molecule has 5 nitrogen and oxygen atoms in total. The molecule has 1 heterocycles. The van der Waals surface area contributed by atoms with E-state index in [4.69, 9.17) is 4.74 Å². The van der Waals surface area contributed by atoms with Gasteiger partial charge in [-0.2, -0.15) is 11.8 Å². The highest BCUT2D eigenvalue weighted by molar-refractivity contribution is 7.98. The first-order valence-electron chi connectivity index (χ1n) is 7.55. The Balaban J connectivity index is 2.43. The molecule has 1 fully saturated rings. The van der Waals surface area contributed by atoms with Gasteiger partial charge in [0.1, 0.15) is 5.60 Å². The molecule has 0 saturated carbocycles. The van der Waals surface area contributed by atoms with E-state index in [9.17, 15) is 9.90 Å². The lowest BCUT2D eigenvalue weighted by Crippen LogP contribution is -2.52. The van der Waals surface area contributed by atoms with Crippen LogP contribution in [0, 0.1) is 0 Å². The Morgan fingerprint density at radius 2 is 2.10 bits per heavy atom. The van der Waals surface area contributed by atoms with Gasteiger partial charge in [0.2, 0.25) is 0 Å². The second-order valence-corrected chi connectivity index (χ2v) is 7.94. The van der Waals surface area contributed by atoms with E-state index < -0.39 is 11.2 Å². The number of carbonyl (C=O) groups is 1. The third-order valence-electron chi connectivity index (χ3n) is 3.30. The maximum Gasteiger partial charge on any atom is 0.410 e. The van der Waals surface area contributed by atoms with Gasteiger partial charge in [-0.05, 0) is 46.8 Å². The smallest absolute Gasteiger partial charge is 0.410 e. The molecule has 1 aliphatic heterocycles. The lowest BCUT2D eigenvalue weighted by molar-refractivity contribution is 0.0174. The molecule has 0 spiro atoms. The second-order valence-electron chi connectivity index (χ2n) is 7.08. The van der Waals surface area contributed by atoms with Crippen molar-refractivity contribution in [2.75, 3.05) is 31.6 Å². The third-order valence-corrected chi connectivity index (χ3v) is 4.21. The van der Waals surface area contributed by atoms with Gasteiger partial charge in [0.25, 0.3) is 0 Å². The van der Waals surface area contributed by atoms with Gasteiger partial charge in [0, 0.05) is 31.4 Å². The van der Waals surface area contributed by atoms with Crippen LogP contribution in [0.15, 0.2) is 0 Å².